The molecule has 1 saturated heterocycles. The fourth-order valence-electron chi connectivity index (χ4n) is 25.3. The zero-order valence-corrected chi connectivity index (χ0v) is 36.9. The molecule has 0 atom stereocenters. The normalized spacial score (nSPS) is 22.8. The summed E-state index contributed by atoms with van der Waals surface area (Å²) in [6.45, 7) is 4.07. The van der Waals surface area contributed by atoms with Crippen molar-refractivity contribution in [3.05, 3.63) is 22.3 Å². The smallest absolute Gasteiger partial charge is 0.0918 e. The van der Waals surface area contributed by atoms with Crippen LogP contribution < -0.4 is 0 Å². The van der Waals surface area contributed by atoms with Gasteiger partial charge in [0.1, 0.15) is 0 Å². The van der Waals surface area contributed by atoms with Crippen molar-refractivity contribution in [2.75, 3.05) is 46.6 Å². The minimum absolute atomic E-state index is 0.296. The van der Waals surface area contributed by atoms with Crippen molar-refractivity contribution in [3.8, 4) is 0 Å². The molecule has 33 rings (SSSR count). The molecule has 5 aliphatic rings. The molecule has 0 aromatic heterocycles. The maximum absolute atomic E-state index is 7.29. The van der Waals surface area contributed by atoms with Crippen LogP contribution in [0.5, 0.6) is 0 Å². The lowest BCUT2D eigenvalue weighted by Gasteiger charge is -2.49. The lowest BCUT2D eigenvalue weighted by molar-refractivity contribution is -0.159. The Bertz CT molecular complexity index is 6540. The molecule has 0 amide bonds. The molecular formula is C67H15NO3. The van der Waals surface area contributed by atoms with E-state index >= 15 is 0 Å². The Hall–Kier alpha value is -7.70. The van der Waals surface area contributed by atoms with Crippen LogP contribution in [0.1, 0.15) is 22.3 Å². The molecule has 4 aliphatic carbocycles. The van der Waals surface area contributed by atoms with Gasteiger partial charge in [0.2, 0.25) is 0 Å². The van der Waals surface area contributed by atoms with Gasteiger partial charge in [0.15, 0.2) is 0 Å². The standard InChI is InChI=1S/C67H15NO3/c1-69-2-3-70-4-5-71-68-6-66-62-54-46-36-26-18-10-8-9-12-16-14(10)22-30-24(16)34-28-20(12)21-13(9)17-15-11(8)19(18)27-33-23(15)31-25(17)35-29(21)39-38(28)48-42(34)52-44(30)50(40(46)32(22)26)58(62)60(52)64-56(48)57-49(39)43(35)53-45(31)51-41(33)47(37(27)36)55(54)63(66)59(51)61(53)65(57)67(64,66)7-68/h2-7H2,1H3. The zero-order valence-electron chi connectivity index (χ0n) is 36.9. The van der Waals surface area contributed by atoms with Gasteiger partial charge in [0.25, 0.3) is 0 Å². The van der Waals surface area contributed by atoms with Gasteiger partial charge in [0, 0.05) is 20.2 Å². The molecule has 0 unspecified atom stereocenters. The average molecular weight is 882 g/mol. The third-order valence-corrected chi connectivity index (χ3v) is 25.4. The second-order valence-electron chi connectivity index (χ2n) is 25.8. The lowest BCUT2D eigenvalue weighted by atomic mass is 9.50. The van der Waals surface area contributed by atoms with E-state index in [0.29, 0.717) is 26.4 Å². The summed E-state index contributed by atoms with van der Waals surface area (Å²) in [6.07, 6.45) is 0. The monoisotopic (exact) mass is 881 g/mol. The number of benzene rings is 18. The summed E-state index contributed by atoms with van der Waals surface area (Å²) in [5.41, 5.74) is 6.28. The minimum atomic E-state index is -0.296. The van der Waals surface area contributed by atoms with Crippen molar-refractivity contribution < 1.29 is 14.3 Å². The van der Waals surface area contributed by atoms with E-state index in [0.717, 1.165) is 13.1 Å². The fourth-order valence-corrected chi connectivity index (χ4v) is 25.3. The van der Waals surface area contributed by atoms with Crippen LogP contribution in [0, 0.1) is 0 Å². The number of hydrogen-bond acceptors (Lipinski definition) is 4. The second-order valence-corrected chi connectivity index (χ2v) is 25.8. The van der Waals surface area contributed by atoms with E-state index < -0.39 is 0 Å². The maximum Gasteiger partial charge on any atom is 0.0918 e. The van der Waals surface area contributed by atoms with E-state index in [4.69, 9.17) is 14.3 Å². The third-order valence-electron chi connectivity index (χ3n) is 25.4. The van der Waals surface area contributed by atoms with Crippen molar-refractivity contribution in [1.29, 1.82) is 0 Å². The summed E-state index contributed by atoms with van der Waals surface area (Å²) in [7, 11) is 1.76. The summed E-state index contributed by atoms with van der Waals surface area (Å²) >= 11 is 0. The summed E-state index contributed by atoms with van der Waals surface area (Å²) in [6, 6.07) is 0. The van der Waals surface area contributed by atoms with Crippen LogP contribution in [0.2, 0.25) is 0 Å². The van der Waals surface area contributed by atoms with Crippen LogP contribution in [-0.4, -0.2) is 51.7 Å². The summed E-state index contributed by atoms with van der Waals surface area (Å²) in [5, 5.41) is 91.7. The molecular weight excluding hydrogens is 867 g/mol. The molecule has 4 nitrogen and oxygen atoms in total. The topological polar surface area (TPSA) is 30.9 Å². The average Bonchev–Trinajstić information content (AvgIpc) is 4.20. The van der Waals surface area contributed by atoms with E-state index in [-0.39, 0.29) is 10.8 Å². The van der Waals surface area contributed by atoms with E-state index in [1.807, 2.05) is 0 Å². The van der Waals surface area contributed by atoms with Crippen LogP contribution in [0.25, 0.3) is 291 Å². The predicted octanol–water partition coefficient (Wildman–Crippen LogP) is 16.2. The quantitative estimate of drug-likeness (QED) is 0.118. The van der Waals surface area contributed by atoms with Gasteiger partial charge < -0.3 is 9.47 Å². The van der Waals surface area contributed by atoms with E-state index in [9.17, 15) is 0 Å². The highest BCUT2D eigenvalue weighted by Gasteiger charge is 2.73. The Kier molecular flexibility index (Phi) is 2.52. The Labute approximate surface area is 388 Å². The molecule has 28 aromatic rings. The van der Waals surface area contributed by atoms with Crippen molar-refractivity contribution in [1.82, 2.24) is 5.06 Å². The molecule has 0 saturated carbocycles. The Morgan fingerprint density at radius 3 is 0.592 bits per heavy atom. The van der Waals surface area contributed by atoms with Gasteiger partial charge in [-0.05, 0) is 313 Å². The molecule has 1 aliphatic heterocycles. The molecule has 0 radical (unpaired) electrons. The molecule has 306 valence electrons. The van der Waals surface area contributed by atoms with Crippen molar-refractivity contribution >= 4 is 291 Å². The molecule has 2 spiro atoms. The third kappa shape index (κ3) is 1.54. The molecule has 0 N–H and O–H groups in total. The lowest BCUT2D eigenvalue weighted by Crippen LogP contribution is -2.51. The number of hydroxylamine groups is 2. The maximum atomic E-state index is 7.29. The Morgan fingerprint density at radius 2 is 0.408 bits per heavy atom. The van der Waals surface area contributed by atoms with Gasteiger partial charge in [-0.3, -0.25) is 4.84 Å². The van der Waals surface area contributed by atoms with Crippen LogP contribution >= 0.6 is 0 Å². The number of nitrogens with zero attached hydrogens (tertiary/aromatic N) is 1. The first-order chi connectivity index (χ1) is 35.4. The van der Waals surface area contributed by atoms with E-state index in [1.165, 1.54) is 0 Å². The summed E-state index contributed by atoms with van der Waals surface area (Å²) in [5.74, 6) is 0. The van der Waals surface area contributed by atoms with E-state index in [1.54, 1.807) is 320 Å². The molecule has 1 heterocycles. The summed E-state index contributed by atoms with van der Waals surface area (Å²) < 4.78 is 11.6. The highest BCUT2D eigenvalue weighted by molar-refractivity contribution is 6.82. The number of ether oxygens (including phenoxy) is 2. The van der Waals surface area contributed by atoms with Gasteiger partial charge in [0.05, 0.1) is 37.3 Å². The number of hydrogen-bond donors (Lipinski definition) is 0. The summed E-state index contributed by atoms with van der Waals surface area (Å²) in [4.78, 5) is 7.29. The Balaban J connectivity index is 1.08. The first-order valence-electron chi connectivity index (χ1n) is 26.6. The van der Waals surface area contributed by atoms with Crippen LogP contribution in [0.4, 0.5) is 0 Å². The zero-order chi connectivity index (χ0) is 42.4. The second kappa shape index (κ2) is 6.46. The molecule has 71 heavy (non-hydrogen) atoms. The fraction of sp³-hybridized carbons (Fsp3) is 0.134. The van der Waals surface area contributed by atoms with Crippen molar-refractivity contribution in [2.24, 2.45) is 0 Å². The van der Waals surface area contributed by atoms with Crippen molar-refractivity contribution in [3.63, 3.8) is 0 Å². The van der Waals surface area contributed by atoms with Gasteiger partial charge in [-0.2, -0.15) is 5.06 Å². The highest BCUT2D eigenvalue weighted by Crippen LogP contribution is 2.85. The largest absolute Gasteiger partial charge is 0.382 e. The highest BCUT2D eigenvalue weighted by atomic mass is 16.7. The van der Waals surface area contributed by atoms with Gasteiger partial charge in [-0.25, -0.2) is 0 Å². The number of rotatable bonds is 7. The van der Waals surface area contributed by atoms with Gasteiger partial charge in [-0.1, -0.05) is 0 Å². The van der Waals surface area contributed by atoms with Crippen LogP contribution in [-0.2, 0) is 25.1 Å². The first kappa shape index (κ1) is 27.6. The van der Waals surface area contributed by atoms with Crippen molar-refractivity contribution in [2.45, 2.75) is 10.8 Å². The molecule has 4 heteroatoms. The molecule has 0 bridgehead atoms. The van der Waals surface area contributed by atoms with Gasteiger partial charge in [-0.15, -0.1) is 0 Å². The first-order valence-corrected chi connectivity index (χ1v) is 26.6. The Morgan fingerprint density at radius 1 is 0.239 bits per heavy atom. The van der Waals surface area contributed by atoms with Crippen LogP contribution in [0.15, 0.2) is 0 Å². The SMILES string of the molecule is COCCOCCON1CC23c4c5c6c7c8c9c(c%10c%11c2c2c4c4c%12c5c5c6c6c8c8c%13c9c9c%10c%10c%11c%11c2c2c4c4c%12c%12c5c5c6c8c6c8c%13c9c9c%10c%10c%11c2c2c4c4c%12c5c6c5c8c9c%10c2c45)C73C1. The van der Waals surface area contributed by atoms with Crippen LogP contribution in [0.3, 0.4) is 0 Å². The number of methoxy groups -OCH3 is 1. The molecule has 28 aromatic carbocycles. The minimum Gasteiger partial charge on any atom is -0.382 e. The van der Waals surface area contributed by atoms with Gasteiger partial charge >= 0.3 is 0 Å². The van der Waals surface area contributed by atoms with E-state index in [2.05, 4.69) is 5.06 Å². The molecule has 1 fully saturated rings. The predicted molar refractivity (Wildman–Crippen MR) is 294 cm³/mol.